The summed E-state index contributed by atoms with van der Waals surface area (Å²) in [5.74, 6) is 0. The monoisotopic (exact) mass is 222 g/mol. The molecule has 0 aliphatic carbocycles. The Labute approximate surface area is 98.2 Å². The predicted octanol–water partition coefficient (Wildman–Crippen LogP) is 2.03. The van der Waals surface area contributed by atoms with E-state index in [1.54, 1.807) is 0 Å². The molecule has 0 aliphatic rings. The summed E-state index contributed by atoms with van der Waals surface area (Å²) < 4.78 is 5.34. The van der Waals surface area contributed by atoms with Crippen molar-refractivity contribution in [1.29, 1.82) is 0 Å². The smallest absolute Gasteiger partial charge is 0.0466 e. The van der Waals surface area contributed by atoms with Crippen molar-refractivity contribution in [2.24, 2.45) is 0 Å². The first-order valence-corrected chi connectivity index (χ1v) is 6.00. The summed E-state index contributed by atoms with van der Waals surface area (Å²) in [5.41, 5.74) is 1.34. The van der Waals surface area contributed by atoms with E-state index in [1.807, 2.05) is 26.4 Å². The Morgan fingerprint density at radius 3 is 2.75 bits per heavy atom. The molecule has 1 aromatic rings. The third-order valence-electron chi connectivity index (χ3n) is 2.69. The van der Waals surface area contributed by atoms with Crippen LogP contribution in [0.5, 0.6) is 0 Å². The lowest BCUT2D eigenvalue weighted by molar-refractivity contribution is 0.141. The Kier molecular flexibility index (Phi) is 6.77. The van der Waals surface area contributed by atoms with E-state index in [0.29, 0.717) is 6.04 Å². The molecule has 0 radical (unpaired) electrons. The lowest BCUT2D eigenvalue weighted by Crippen LogP contribution is -2.27. The molecule has 1 N–H and O–H groups in total. The fraction of sp³-hybridized carbons (Fsp3) is 0.615. The molecule has 1 aromatic heterocycles. The third kappa shape index (κ3) is 5.24. The van der Waals surface area contributed by atoms with Gasteiger partial charge in [-0.25, -0.2) is 0 Å². The summed E-state index contributed by atoms with van der Waals surface area (Å²) in [5, 5.41) is 3.35. The van der Waals surface area contributed by atoms with Crippen molar-refractivity contribution < 1.29 is 4.74 Å². The van der Waals surface area contributed by atoms with E-state index >= 15 is 0 Å². The summed E-state index contributed by atoms with van der Waals surface area (Å²) in [7, 11) is 2.02. The van der Waals surface area contributed by atoms with Crippen molar-refractivity contribution in [2.75, 3.05) is 20.3 Å². The second-order valence-corrected chi connectivity index (χ2v) is 3.88. The molecule has 1 heterocycles. The van der Waals surface area contributed by atoms with Gasteiger partial charge in [0.25, 0.3) is 0 Å². The molecule has 16 heavy (non-hydrogen) atoms. The van der Waals surface area contributed by atoms with Crippen molar-refractivity contribution in [3.63, 3.8) is 0 Å². The van der Waals surface area contributed by atoms with Crippen molar-refractivity contribution in [2.45, 2.75) is 32.2 Å². The second kappa shape index (κ2) is 8.25. The number of nitrogens with one attached hydrogen (secondary N) is 1. The largest absolute Gasteiger partial charge is 0.382 e. The van der Waals surface area contributed by atoms with Crippen LogP contribution in [-0.2, 0) is 11.2 Å². The first kappa shape index (κ1) is 13.1. The average Bonchev–Trinajstić information content (AvgIpc) is 2.34. The maximum atomic E-state index is 5.34. The van der Waals surface area contributed by atoms with Gasteiger partial charge in [-0.2, -0.15) is 0 Å². The van der Waals surface area contributed by atoms with Crippen molar-refractivity contribution in [3.8, 4) is 0 Å². The topological polar surface area (TPSA) is 34.1 Å². The summed E-state index contributed by atoms with van der Waals surface area (Å²) in [6.07, 6.45) is 7.03. The van der Waals surface area contributed by atoms with Gasteiger partial charge in [0.05, 0.1) is 0 Å². The fourth-order valence-corrected chi connectivity index (χ4v) is 1.73. The molecule has 1 rings (SSSR count). The fourth-order valence-electron chi connectivity index (χ4n) is 1.73. The average molecular weight is 222 g/mol. The highest BCUT2D eigenvalue weighted by molar-refractivity contribution is 5.11. The highest BCUT2D eigenvalue weighted by atomic mass is 16.5. The highest BCUT2D eigenvalue weighted by Gasteiger charge is 2.06. The molecule has 0 saturated carbocycles. The van der Waals surface area contributed by atoms with Crippen LogP contribution in [0.2, 0.25) is 0 Å². The maximum absolute atomic E-state index is 5.34. The van der Waals surface area contributed by atoms with Crippen LogP contribution in [-0.4, -0.2) is 31.3 Å². The first-order chi connectivity index (χ1) is 7.86. The molecule has 3 nitrogen and oxygen atoms in total. The highest BCUT2D eigenvalue weighted by Crippen LogP contribution is 2.06. The number of nitrogens with zero attached hydrogens (tertiary/aromatic N) is 1. The van der Waals surface area contributed by atoms with Crippen molar-refractivity contribution in [3.05, 3.63) is 30.1 Å². The Morgan fingerprint density at radius 2 is 2.12 bits per heavy atom. The maximum Gasteiger partial charge on any atom is 0.0466 e. The van der Waals surface area contributed by atoms with Gasteiger partial charge in [-0.05, 0) is 50.9 Å². The van der Waals surface area contributed by atoms with Crippen LogP contribution in [0.4, 0.5) is 0 Å². The standard InChI is InChI=1S/C13H22N2O/c1-3-16-10-4-5-13(14-2)11-12-6-8-15-9-7-12/h6-9,13-14H,3-5,10-11H2,1-2H3. The quantitative estimate of drug-likeness (QED) is 0.683. The molecular formula is C13H22N2O. The molecule has 1 unspecified atom stereocenters. The summed E-state index contributed by atoms with van der Waals surface area (Å²) in [6, 6.07) is 4.68. The molecular weight excluding hydrogens is 200 g/mol. The van der Waals surface area contributed by atoms with Crippen LogP contribution in [0.25, 0.3) is 0 Å². The van der Waals surface area contributed by atoms with Gasteiger partial charge in [-0.1, -0.05) is 0 Å². The first-order valence-electron chi connectivity index (χ1n) is 6.00. The number of pyridine rings is 1. The lowest BCUT2D eigenvalue weighted by atomic mass is 10.0. The molecule has 0 aromatic carbocycles. The predicted molar refractivity (Wildman–Crippen MR) is 66.5 cm³/mol. The van der Waals surface area contributed by atoms with E-state index in [0.717, 1.165) is 32.5 Å². The van der Waals surface area contributed by atoms with Gasteiger partial charge in [0.2, 0.25) is 0 Å². The molecule has 0 fully saturated rings. The minimum absolute atomic E-state index is 0.530. The molecule has 1 atom stereocenters. The van der Waals surface area contributed by atoms with Crippen LogP contribution >= 0.6 is 0 Å². The van der Waals surface area contributed by atoms with E-state index in [-0.39, 0.29) is 0 Å². The Balaban J connectivity index is 2.26. The normalized spacial score (nSPS) is 12.6. The van der Waals surface area contributed by atoms with Gasteiger partial charge in [0.15, 0.2) is 0 Å². The van der Waals surface area contributed by atoms with Gasteiger partial charge < -0.3 is 10.1 Å². The third-order valence-corrected chi connectivity index (χ3v) is 2.69. The van der Waals surface area contributed by atoms with Crippen LogP contribution in [0.1, 0.15) is 25.3 Å². The van der Waals surface area contributed by atoms with Crippen LogP contribution in [0.3, 0.4) is 0 Å². The Morgan fingerprint density at radius 1 is 1.38 bits per heavy atom. The van der Waals surface area contributed by atoms with Crippen LogP contribution in [0.15, 0.2) is 24.5 Å². The van der Waals surface area contributed by atoms with Gasteiger partial charge in [0, 0.05) is 31.6 Å². The molecule has 0 amide bonds. The molecule has 90 valence electrons. The van der Waals surface area contributed by atoms with E-state index in [9.17, 15) is 0 Å². The number of ether oxygens (including phenoxy) is 1. The Bertz CT molecular complexity index is 264. The number of hydrogen-bond donors (Lipinski definition) is 1. The lowest BCUT2D eigenvalue weighted by Gasteiger charge is -2.15. The van der Waals surface area contributed by atoms with E-state index in [1.165, 1.54) is 5.56 Å². The zero-order valence-electron chi connectivity index (χ0n) is 10.3. The number of hydrogen-bond acceptors (Lipinski definition) is 3. The summed E-state index contributed by atoms with van der Waals surface area (Å²) in [6.45, 7) is 3.71. The minimum Gasteiger partial charge on any atom is -0.382 e. The molecule has 0 saturated heterocycles. The summed E-state index contributed by atoms with van der Waals surface area (Å²) >= 11 is 0. The summed E-state index contributed by atoms with van der Waals surface area (Å²) in [4.78, 5) is 4.02. The number of likely N-dealkylation sites (N-methyl/N-ethyl adjacent to an activating group) is 1. The molecule has 0 spiro atoms. The zero-order chi connectivity index (χ0) is 11.6. The number of rotatable bonds is 8. The van der Waals surface area contributed by atoms with Gasteiger partial charge in [-0.15, -0.1) is 0 Å². The van der Waals surface area contributed by atoms with E-state index in [2.05, 4.69) is 22.4 Å². The van der Waals surface area contributed by atoms with Crippen molar-refractivity contribution >= 4 is 0 Å². The Hall–Kier alpha value is -0.930. The SMILES string of the molecule is CCOCCCC(Cc1ccncc1)NC. The molecule has 0 bridgehead atoms. The number of aromatic nitrogens is 1. The van der Waals surface area contributed by atoms with E-state index in [4.69, 9.17) is 4.74 Å². The minimum atomic E-state index is 0.530. The van der Waals surface area contributed by atoms with Gasteiger partial charge in [-0.3, -0.25) is 4.98 Å². The second-order valence-electron chi connectivity index (χ2n) is 3.88. The zero-order valence-corrected chi connectivity index (χ0v) is 10.3. The van der Waals surface area contributed by atoms with Crippen molar-refractivity contribution in [1.82, 2.24) is 10.3 Å². The van der Waals surface area contributed by atoms with E-state index < -0.39 is 0 Å². The van der Waals surface area contributed by atoms with Gasteiger partial charge in [0.1, 0.15) is 0 Å². The van der Waals surface area contributed by atoms with Crippen LogP contribution in [0, 0.1) is 0 Å². The van der Waals surface area contributed by atoms with Crippen LogP contribution < -0.4 is 5.32 Å². The van der Waals surface area contributed by atoms with Gasteiger partial charge >= 0.3 is 0 Å². The molecule has 3 heteroatoms. The molecule has 0 aliphatic heterocycles.